The summed E-state index contributed by atoms with van der Waals surface area (Å²) in [5, 5.41) is 0. The van der Waals surface area contributed by atoms with Crippen LogP contribution in [0.5, 0.6) is 0 Å². The molecule has 0 aromatic heterocycles. The van der Waals surface area contributed by atoms with Gasteiger partial charge >= 0.3 is 0 Å². The Labute approximate surface area is 79.3 Å². The summed E-state index contributed by atoms with van der Waals surface area (Å²) in [6.07, 6.45) is 1.73. The maximum absolute atomic E-state index is 11.5. The number of nitrogens with zero attached hydrogens (tertiary/aromatic N) is 1. The lowest BCUT2D eigenvalue weighted by atomic mass is 9.91. The third-order valence-electron chi connectivity index (χ3n) is 2.61. The predicted molar refractivity (Wildman–Crippen MR) is 52.1 cm³/mol. The van der Waals surface area contributed by atoms with Crippen LogP contribution in [-0.2, 0) is 4.79 Å². The van der Waals surface area contributed by atoms with Crippen molar-refractivity contribution in [1.29, 1.82) is 0 Å². The third-order valence-corrected chi connectivity index (χ3v) is 2.61. The molecule has 1 rings (SSSR count). The minimum atomic E-state index is -0.387. The van der Waals surface area contributed by atoms with E-state index in [0.29, 0.717) is 0 Å². The van der Waals surface area contributed by atoms with Crippen molar-refractivity contribution in [3.8, 4) is 0 Å². The Kier molecular flexibility index (Phi) is 2.93. The molecule has 0 radical (unpaired) electrons. The van der Waals surface area contributed by atoms with Gasteiger partial charge in [-0.05, 0) is 26.7 Å². The molecule has 76 valence electrons. The second-order valence-corrected chi connectivity index (χ2v) is 4.27. The quantitative estimate of drug-likeness (QED) is 0.587. The average Bonchev–Trinajstić information content (AvgIpc) is 2.03. The second kappa shape index (κ2) is 3.64. The fraction of sp³-hybridized carbons (Fsp3) is 0.889. The molecule has 4 N–H and O–H groups in total. The number of carbonyl (C=O) groups excluding carboxylic acids is 1. The van der Waals surface area contributed by atoms with Gasteiger partial charge in [0.2, 0.25) is 5.91 Å². The number of likely N-dealkylation sites (tertiary alicyclic amines) is 1. The van der Waals surface area contributed by atoms with Crippen LogP contribution in [0.2, 0.25) is 0 Å². The molecule has 1 heterocycles. The van der Waals surface area contributed by atoms with Crippen molar-refractivity contribution in [1.82, 2.24) is 4.90 Å². The molecule has 13 heavy (non-hydrogen) atoms. The summed E-state index contributed by atoms with van der Waals surface area (Å²) < 4.78 is 0. The van der Waals surface area contributed by atoms with E-state index in [4.69, 9.17) is 11.5 Å². The van der Waals surface area contributed by atoms with E-state index in [-0.39, 0.29) is 17.5 Å². The van der Waals surface area contributed by atoms with Gasteiger partial charge in [0.1, 0.15) is 0 Å². The molecule has 1 atom stereocenters. The van der Waals surface area contributed by atoms with Gasteiger partial charge < -0.3 is 16.4 Å². The van der Waals surface area contributed by atoms with Gasteiger partial charge in [-0.3, -0.25) is 4.79 Å². The molecule has 4 heteroatoms. The van der Waals surface area contributed by atoms with E-state index in [9.17, 15) is 4.79 Å². The van der Waals surface area contributed by atoms with Gasteiger partial charge in [0, 0.05) is 18.6 Å². The van der Waals surface area contributed by atoms with Crippen LogP contribution in [0.25, 0.3) is 0 Å². The smallest absolute Gasteiger partial charge is 0.239 e. The lowest BCUT2D eigenvalue weighted by Crippen LogP contribution is -2.52. The number of hydrogen-bond acceptors (Lipinski definition) is 3. The van der Waals surface area contributed by atoms with Gasteiger partial charge in [-0.25, -0.2) is 0 Å². The summed E-state index contributed by atoms with van der Waals surface area (Å²) in [7, 11) is 0. The summed E-state index contributed by atoms with van der Waals surface area (Å²) in [6.45, 7) is 5.24. The third kappa shape index (κ3) is 2.67. The van der Waals surface area contributed by atoms with Gasteiger partial charge in [-0.2, -0.15) is 0 Å². The van der Waals surface area contributed by atoms with Crippen LogP contribution >= 0.6 is 0 Å². The molecule has 0 bridgehead atoms. The zero-order chi connectivity index (χ0) is 10.1. The maximum Gasteiger partial charge on any atom is 0.239 e. The van der Waals surface area contributed by atoms with Crippen molar-refractivity contribution in [2.75, 3.05) is 13.1 Å². The molecule has 1 fully saturated rings. The van der Waals surface area contributed by atoms with Crippen molar-refractivity contribution >= 4 is 5.91 Å². The highest BCUT2D eigenvalue weighted by atomic mass is 16.2. The van der Waals surface area contributed by atoms with E-state index < -0.39 is 0 Å². The first-order valence-electron chi connectivity index (χ1n) is 4.76. The van der Waals surface area contributed by atoms with E-state index in [1.807, 2.05) is 6.92 Å². The highest BCUT2D eigenvalue weighted by Crippen LogP contribution is 2.18. The highest BCUT2D eigenvalue weighted by Gasteiger charge is 2.29. The van der Waals surface area contributed by atoms with Gasteiger partial charge in [-0.1, -0.05) is 0 Å². The van der Waals surface area contributed by atoms with Crippen molar-refractivity contribution < 1.29 is 4.79 Å². The van der Waals surface area contributed by atoms with Gasteiger partial charge in [0.25, 0.3) is 0 Å². The number of hydrogen-bond donors (Lipinski definition) is 2. The molecule has 0 spiro atoms. The van der Waals surface area contributed by atoms with Crippen molar-refractivity contribution in [3.63, 3.8) is 0 Å². The molecule has 1 amide bonds. The molecule has 1 aliphatic heterocycles. The molecular formula is C9H19N3O. The van der Waals surface area contributed by atoms with Crippen LogP contribution in [0.4, 0.5) is 0 Å². The molecular weight excluding hydrogens is 166 g/mol. The first-order chi connectivity index (χ1) is 5.92. The summed E-state index contributed by atoms with van der Waals surface area (Å²) in [5.41, 5.74) is 11.4. The molecule has 1 aliphatic rings. The lowest BCUT2D eigenvalue weighted by molar-refractivity contribution is -0.133. The highest BCUT2D eigenvalue weighted by molar-refractivity contribution is 5.81. The fourth-order valence-electron chi connectivity index (χ4n) is 1.53. The van der Waals surface area contributed by atoms with Crippen molar-refractivity contribution in [2.45, 2.75) is 38.3 Å². The first-order valence-corrected chi connectivity index (χ1v) is 4.76. The Bertz CT molecular complexity index is 191. The minimum Gasteiger partial charge on any atom is -0.341 e. The van der Waals surface area contributed by atoms with Gasteiger partial charge in [0.05, 0.1) is 6.04 Å². The molecule has 1 saturated heterocycles. The Hall–Kier alpha value is -0.610. The Morgan fingerprint density at radius 3 is 2.31 bits per heavy atom. The summed E-state index contributed by atoms with van der Waals surface area (Å²) >= 11 is 0. The number of amides is 1. The Balaban J connectivity index is 2.46. The molecule has 0 aromatic rings. The predicted octanol–water partition coefficient (Wildman–Crippen LogP) is -0.327. The second-order valence-electron chi connectivity index (χ2n) is 4.27. The van der Waals surface area contributed by atoms with E-state index in [1.165, 1.54) is 0 Å². The van der Waals surface area contributed by atoms with Crippen LogP contribution in [0.15, 0.2) is 0 Å². The molecule has 4 nitrogen and oxygen atoms in total. The van der Waals surface area contributed by atoms with Gasteiger partial charge in [0.15, 0.2) is 0 Å². The molecule has 0 aromatic carbocycles. The van der Waals surface area contributed by atoms with E-state index >= 15 is 0 Å². The van der Waals surface area contributed by atoms with Crippen LogP contribution in [0.3, 0.4) is 0 Å². The number of piperidine rings is 1. The molecule has 0 aliphatic carbocycles. The summed E-state index contributed by atoms with van der Waals surface area (Å²) in [4.78, 5) is 13.3. The van der Waals surface area contributed by atoms with E-state index in [0.717, 1.165) is 25.9 Å². The Morgan fingerprint density at radius 2 is 1.92 bits per heavy atom. The topological polar surface area (TPSA) is 72.4 Å². The molecule has 0 unspecified atom stereocenters. The number of rotatable bonds is 1. The van der Waals surface area contributed by atoms with Gasteiger partial charge in [-0.15, -0.1) is 0 Å². The number of nitrogens with two attached hydrogens (primary N) is 2. The van der Waals surface area contributed by atoms with E-state index in [1.54, 1.807) is 11.8 Å². The first kappa shape index (κ1) is 10.5. The Morgan fingerprint density at radius 1 is 1.46 bits per heavy atom. The van der Waals surface area contributed by atoms with Crippen molar-refractivity contribution in [2.24, 2.45) is 11.5 Å². The van der Waals surface area contributed by atoms with Crippen LogP contribution in [0.1, 0.15) is 26.7 Å². The largest absolute Gasteiger partial charge is 0.341 e. The number of carbonyl (C=O) groups is 1. The van der Waals surface area contributed by atoms with Crippen LogP contribution in [-0.4, -0.2) is 35.5 Å². The summed E-state index contributed by atoms with van der Waals surface area (Å²) in [6, 6.07) is -0.387. The van der Waals surface area contributed by atoms with Crippen LogP contribution < -0.4 is 11.5 Å². The van der Waals surface area contributed by atoms with Crippen LogP contribution in [0, 0.1) is 0 Å². The van der Waals surface area contributed by atoms with E-state index in [2.05, 4.69) is 0 Å². The summed E-state index contributed by atoms with van der Waals surface area (Å²) in [5.74, 6) is 0.0375. The fourth-order valence-corrected chi connectivity index (χ4v) is 1.53. The zero-order valence-electron chi connectivity index (χ0n) is 8.42. The minimum absolute atomic E-state index is 0.0375. The standard InChI is InChI=1S/C9H19N3O/c1-7(10)8(13)12-5-3-9(2,11)4-6-12/h7H,3-6,10-11H2,1-2H3/t7-/m0/s1. The molecule has 0 saturated carbocycles. The van der Waals surface area contributed by atoms with Crippen molar-refractivity contribution in [3.05, 3.63) is 0 Å². The average molecular weight is 185 g/mol. The monoisotopic (exact) mass is 185 g/mol. The lowest BCUT2D eigenvalue weighted by Gasteiger charge is -2.37. The maximum atomic E-state index is 11.5. The normalized spacial score (nSPS) is 24.2. The SMILES string of the molecule is C[C@H](N)C(=O)N1CCC(C)(N)CC1. The zero-order valence-corrected chi connectivity index (χ0v) is 8.42.